The van der Waals surface area contributed by atoms with E-state index >= 15 is 0 Å². The van der Waals surface area contributed by atoms with Gasteiger partial charge in [-0.3, -0.25) is 0 Å². The molecule has 0 bridgehead atoms. The van der Waals surface area contributed by atoms with E-state index in [0.29, 0.717) is 5.15 Å². The van der Waals surface area contributed by atoms with Crippen molar-refractivity contribution in [1.82, 2.24) is 4.98 Å². The fourth-order valence-corrected chi connectivity index (χ4v) is 0.857. The van der Waals surface area contributed by atoms with Crippen molar-refractivity contribution in [3.05, 3.63) is 23.5 Å². The van der Waals surface area contributed by atoms with E-state index in [2.05, 4.69) is 4.98 Å². The summed E-state index contributed by atoms with van der Waals surface area (Å²) in [7, 11) is 0. The van der Waals surface area contributed by atoms with Crippen molar-refractivity contribution < 1.29 is 0 Å². The Morgan fingerprint density at radius 3 is 2.62 bits per heavy atom. The van der Waals surface area contributed by atoms with Crippen molar-refractivity contribution in [2.24, 2.45) is 0 Å². The summed E-state index contributed by atoms with van der Waals surface area (Å²) in [5.41, 5.74) is 0. The van der Waals surface area contributed by atoms with Crippen LogP contribution in [0.1, 0.15) is 0 Å². The van der Waals surface area contributed by atoms with Crippen LogP contribution in [0.4, 0.5) is 0 Å². The number of aromatic nitrogens is 1. The average Bonchev–Trinajstić information content (AvgIpc) is 1.77. The third-order valence-electron chi connectivity index (χ3n) is 0.750. The molecule has 42 valence electrons. The molecule has 0 amide bonds. The molecule has 0 aliphatic heterocycles. The molecule has 0 N–H and O–H groups in total. The summed E-state index contributed by atoms with van der Waals surface area (Å²) in [4.78, 5) is 3.86. The summed E-state index contributed by atoms with van der Waals surface area (Å²) in [6.07, 6.45) is 1.77. The van der Waals surface area contributed by atoms with E-state index in [-0.39, 0.29) is 0 Å². The number of pyridine rings is 1. The molecule has 1 atom stereocenters. The third kappa shape index (κ3) is 1.50. The molecule has 1 aromatic heterocycles. The predicted octanol–water partition coefficient (Wildman–Crippen LogP) is -0.00660. The van der Waals surface area contributed by atoms with Crippen LogP contribution in [0.3, 0.4) is 0 Å². The van der Waals surface area contributed by atoms with Crippen LogP contribution >= 0.6 is 11.6 Å². The first-order valence-electron chi connectivity index (χ1n) is 2.16. The molecular formula is C5H5AsClN. The van der Waals surface area contributed by atoms with Gasteiger partial charge in [-0.2, -0.15) is 0 Å². The monoisotopic (exact) mass is 189 g/mol. The summed E-state index contributed by atoms with van der Waals surface area (Å²) in [6, 6.07) is 3.74. The first-order chi connectivity index (χ1) is 3.79. The number of nitrogens with zero attached hydrogens (tertiary/aromatic N) is 1. The van der Waals surface area contributed by atoms with Crippen molar-refractivity contribution in [3.8, 4) is 0 Å². The Bertz CT molecular complexity index is 151. The van der Waals surface area contributed by atoms with Gasteiger partial charge < -0.3 is 0 Å². The quantitative estimate of drug-likeness (QED) is 0.413. The normalized spacial score (nSPS) is 9.25. The van der Waals surface area contributed by atoms with Crippen molar-refractivity contribution >= 4 is 32.8 Å². The number of rotatable bonds is 0. The van der Waals surface area contributed by atoms with Gasteiger partial charge in [0.1, 0.15) is 0 Å². The third-order valence-corrected chi connectivity index (χ3v) is 1.69. The van der Waals surface area contributed by atoms with Crippen LogP contribution < -0.4 is 4.35 Å². The predicted molar refractivity (Wildman–Crippen MR) is 37.4 cm³/mol. The molecule has 0 saturated heterocycles. The summed E-state index contributed by atoms with van der Waals surface area (Å²) < 4.78 is 1.20. The number of hydrogen-bond donors (Lipinski definition) is 0. The topological polar surface area (TPSA) is 12.9 Å². The van der Waals surface area contributed by atoms with Gasteiger partial charge in [-0.15, -0.1) is 0 Å². The van der Waals surface area contributed by atoms with Gasteiger partial charge in [0.2, 0.25) is 0 Å². The molecule has 1 unspecified atom stereocenters. The van der Waals surface area contributed by atoms with Gasteiger partial charge in [0.05, 0.1) is 0 Å². The summed E-state index contributed by atoms with van der Waals surface area (Å²) in [5.74, 6) is 0. The summed E-state index contributed by atoms with van der Waals surface area (Å²) in [6.45, 7) is 0. The molecule has 0 aliphatic rings. The van der Waals surface area contributed by atoms with Crippen LogP contribution in [0.5, 0.6) is 0 Å². The van der Waals surface area contributed by atoms with Crippen LogP contribution in [0.25, 0.3) is 0 Å². The standard InChI is InChI=1S/C5H5AsClN/c6-4-1-2-5(7)8-3-4/h1-3H,6H2. The SMILES string of the molecule is Clc1ccc([AsH2])cn1. The van der Waals surface area contributed by atoms with Gasteiger partial charge in [0.25, 0.3) is 0 Å². The molecule has 0 radical (unpaired) electrons. The Balaban J connectivity index is 3.03. The maximum atomic E-state index is 5.51. The molecule has 0 spiro atoms. The van der Waals surface area contributed by atoms with Crippen LogP contribution in [-0.4, -0.2) is 21.8 Å². The first kappa shape index (κ1) is 6.12. The summed E-state index contributed by atoms with van der Waals surface area (Å²) >= 11 is 7.07. The molecular weight excluding hydrogens is 184 g/mol. The van der Waals surface area contributed by atoms with Crippen LogP contribution in [0.2, 0.25) is 5.15 Å². The minimum absolute atomic E-state index is 0.561. The zero-order valence-corrected chi connectivity index (χ0v) is 7.31. The Kier molecular flexibility index (Phi) is 1.93. The fraction of sp³-hybridized carbons (Fsp3) is 0. The second-order valence-corrected chi connectivity index (χ2v) is 3.20. The molecule has 0 aromatic carbocycles. The van der Waals surface area contributed by atoms with E-state index in [1.54, 1.807) is 29.1 Å². The first-order valence-corrected chi connectivity index (χ1v) is 3.75. The van der Waals surface area contributed by atoms with Crippen molar-refractivity contribution in [2.45, 2.75) is 0 Å². The van der Waals surface area contributed by atoms with Gasteiger partial charge in [-0.25, -0.2) is 0 Å². The van der Waals surface area contributed by atoms with E-state index in [1.165, 1.54) is 4.35 Å². The van der Waals surface area contributed by atoms with E-state index in [1.807, 2.05) is 6.07 Å². The van der Waals surface area contributed by atoms with Crippen LogP contribution in [0.15, 0.2) is 18.3 Å². The maximum absolute atomic E-state index is 5.51. The molecule has 0 aliphatic carbocycles. The van der Waals surface area contributed by atoms with Gasteiger partial charge in [0.15, 0.2) is 0 Å². The van der Waals surface area contributed by atoms with E-state index < -0.39 is 0 Å². The Morgan fingerprint density at radius 1 is 1.50 bits per heavy atom. The van der Waals surface area contributed by atoms with Crippen molar-refractivity contribution in [2.75, 3.05) is 0 Å². The Morgan fingerprint density at radius 2 is 2.25 bits per heavy atom. The molecule has 3 heteroatoms. The number of hydrogen-bond acceptors (Lipinski definition) is 1. The van der Waals surface area contributed by atoms with Crippen LogP contribution in [-0.2, 0) is 0 Å². The molecule has 1 heterocycles. The van der Waals surface area contributed by atoms with Gasteiger partial charge in [-0.05, 0) is 0 Å². The minimum atomic E-state index is 0.561. The van der Waals surface area contributed by atoms with Crippen molar-refractivity contribution in [3.63, 3.8) is 0 Å². The van der Waals surface area contributed by atoms with E-state index in [4.69, 9.17) is 11.6 Å². The second kappa shape index (κ2) is 2.52. The van der Waals surface area contributed by atoms with E-state index in [0.717, 1.165) is 0 Å². The second-order valence-electron chi connectivity index (χ2n) is 1.41. The molecule has 1 rings (SSSR count). The van der Waals surface area contributed by atoms with Crippen molar-refractivity contribution in [1.29, 1.82) is 0 Å². The Hall–Kier alpha value is -0.00156. The molecule has 0 saturated carbocycles. The van der Waals surface area contributed by atoms with Crippen LogP contribution in [0, 0.1) is 0 Å². The fourth-order valence-electron chi connectivity index (χ4n) is 0.387. The molecule has 0 fully saturated rings. The Labute approximate surface area is 61.6 Å². The van der Waals surface area contributed by atoms with E-state index in [9.17, 15) is 0 Å². The molecule has 8 heavy (non-hydrogen) atoms. The zero-order valence-electron chi connectivity index (χ0n) is 4.13. The summed E-state index contributed by atoms with van der Waals surface area (Å²) in [5, 5.41) is 0.561. The van der Waals surface area contributed by atoms with Gasteiger partial charge in [-0.1, -0.05) is 0 Å². The van der Waals surface area contributed by atoms with Gasteiger partial charge in [0, 0.05) is 0 Å². The number of halogens is 1. The molecule has 1 nitrogen and oxygen atoms in total. The zero-order chi connectivity index (χ0) is 5.98. The van der Waals surface area contributed by atoms with Gasteiger partial charge >= 0.3 is 61.3 Å². The average molecular weight is 189 g/mol. The molecule has 1 aromatic rings.